The summed E-state index contributed by atoms with van der Waals surface area (Å²) in [7, 11) is 2.43. The molecule has 0 aliphatic rings. The van der Waals surface area contributed by atoms with Gasteiger partial charge in [0.25, 0.3) is 0 Å². The van der Waals surface area contributed by atoms with Gasteiger partial charge in [-0.25, -0.2) is 8.78 Å². The van der Waals surface area contributed by atoms with E-state index in [4.69, 9.17) is 32.7 Å². The molecule has 208 valence electrons. The van der Waals surface area contributed by atoms with Crippen LogP contribution in [-0.2, 0) is 0 Å². The van der Waals surface area contributed by atoms with Gasteiger partial charge in [0.1, 0.15) is 0 Å². The normalized spacial score (nSPS) is 11.7. The van der Waals surface area contributed by atoms with Gasteiger partial charge in [-0.05, 0) is 74.8 Å². The molecular weight excluding hydrogens is 614 g/mol. The lowest BCUT2D eigenvalue weighted by Gasteiger charge is -2.12. The molecule has 0 fully saturated rings. The second-order valence-electron chi connectivity index (χ2n) is 7.70. The van der Waals surface area contributed by atoms with Crippen molar-refractivity contribution in [2.24, 2.45) is 0 Å². The molecule has 0 saturated heterocycles. The van der Waals surface area contributed by atoms with Crippen LogP contribution in [-0.4, -0.2) is 36.5 Å². The first-order valence-electron chi connectivity index (χ1n) is 11.4. The number of benzene rings is 2. The average molecular weight is 642 g/mol. The summed E-state index contributed by atoms with van der Waals surface area (Å²) in [4.78, 5) is 1.08. The maximum Gasteiger partial charge on any atom is 0.441 e. The Kier molecular flexibility index (Phi) is 15.4. The Labute approximate surface area is 240 Å². The van der Waals surface area contributed by atoms with E-state index in [0.717, 1.165) is 31.1 Å². The molecular formula is C24H27Cl2F5O2S4. The third-order valence-electron chi connectivity index (χ3n) is 4.76. The first kappa shape index (κ1) is 32.9. The number of unbranched alkanes of at least 4 members (excludes halogenated alkanes) is 4. The van der Waals surface area contributed by atoms with Gasteiger partial charge in [-0.1, -0.05) is 56.6 Å². The summed E-state index contributed by atoms with van der Waals surface area (Å²) in [6.07, 6.45) is 6.36. The number of ether oxygens (including phenoxy) is 2. The van der Waals surface area contributed by atoms with E-state index in [9.17, 15) is 22.0 Å². The van der Waals surface area contributed by atoms with Crippen LogP contribution in [0, 0.1) is 11.6 Å². The lowest BCUT2D eigenvalue weighted by Crippen LogP contribution is -2.02. The molecule has 0 aromatic heterocycles. The zero-order valence-corrected chi connectivity index (χ0v) is 24.8. The number of rotatable bonds is 17. The smallest absolute Gasteiger partial charge is 0.441 e. The van der Waals surface area contributed by atoms with Gasteiger partial charge >= 0.3 is 5.51 Å². The third kappa shape index (κ3) is 13.0. The molecule has 0 amide bonds. The molecule has 2 nitrogen and oxygen atoms in total. The highest BCUT2D eigenvalue weighted by atomic mass is 35.5. The topological polar surface area (TPSA) is 18.5 Å². The number of halogens is 7. The van der Waals surface area contributed by atoms with Crippen LogP contribution in [0.15, 0.2) is 34.1 Å². The minimum absolute atomic E-state index is 0.00661. The van der Waals surface area contributed by atoms with Crippen molar-refractivity contribution in [2.45, 2.75) is 53.8 Å². The number of alkyl halides is 3. The Bertz CT molecular complexity index is 983. The number of hydrogen-bond acceptors (Lipinski definition) is 6. The van der Waals surface area contributed by atoms with E-state index in [-0.39, 0.29) is 45.7 Å². The summed E-state index contributed by atoms with van der Waals surface area (Å²) in [6.45, 7) is 0.560. The fourth-order valence-electron chi connectivity index (χ4n) is 2.92. The maximum absolute atomic E-state index is 14.3. The summed E-state index contributed by atoms with van der Waals surface area (Å²) in [6, 6.07) is 5.32. The average Bonchev–Trinajstić information content (AvgIpc) is 2.82. The van der Waals surface area contributed by atoms with E-state index in [0.29, 0.717) is 35.7 Å². The van der Waals surface area contributed by atoms with Crippen molar-refractivity contribution in [3.8, 4) is 11.5 Å². The van der Waals surface area contributed by atoms with Crippen molar-refractivity contribution in [3.05, 3.63) is 45.9 Å². The van der Waals surface area contributed by atoms with Gasteiger partial charge in [-0.2, -0.15) is 24.9 Å². The van der Waals surface area contributed by atoms with Crippen LogP contribution in [0.1, 0.15) is 38.5 Å². The van der Waals surface area contributed by atoms with Gasteiger partial charge in [0, 0.05) is 15.5 Å². The Hall–Kier alpha value is -0.330. The summed E-state index contributed by atoms with van der Waals surface area (Å²) >= 11 is 14.1. The molecule has 2 rings (SSSR count). The van der Waals surface area contributed by atoms with E-state index < -0.39 is 17.1 Å². The highest BCUT2D eigenvalue weighted by Crippen LogP contribution is 2.46. The lowest BCUT2D eigenvalue weighted by atomic mass is 10.2. The van der Waals surface area contributed by atoms with Crippen molar-refractivity contribution in [1.29, 1.82) is 0 Å². The van der Waals surface area contributed by atoms with E-state index in [1.54, 1.807) is 11.8 Å². The maximum atomic E-state index is 14.3. The van der Waals surface area contributed by atoms with Crippen molar-refractivity contribution in [3.63, 3.8) is 0 Å². The summed E-state index contributed by atoms with van der Waals surface area (Å²) < 4.78 is 76.1. The van der Waals surface area contributed by atoms with Crippen LogP contribution in [0.5, 0.6) is 11.5 Å². The summed E-state index contributed by atoms with van der Waals surface area (Å²) in [5.41, 5.74) is -4.23. The predicted octanol–water partition coefficient (Wildman–Crippen LogP) is 10.8. The molecule has 0 spiro atoms. The zero-order chi connectivity index (χ0) is 27.3. The summed E-state index contributed by atoms with van der Waals surface area (Å²) in [5, 5.41) is 0.382. The van der Waals surface area contributed by atoms with Gasteiger partial charge in [-0.3, -0.25) is 0 Å². The molecule has 0 unspecified atom stereocenters. The molecule has 13 heteroatoms. The highest BCUT2D eigenvalue weighted by Gasteiger charge is 2.27. The highest BCUT2D eigenvalue weighted by molar-refractivity contribution is 8.76. The van der Waals surface area contributed by atoms with Crippen molar-refractivity contribution in [2.75, 3.05) is 31.0 Å². The standard InChI is InChI=1S/C24H27Cl2F5O2S4/c1-34-10-6-2-4-8-32-20-14-22(16(25)12-18(20)27)36-37-23-15-21(19(28)13-17(23)26)33-9-5-3-7-11-35-24(29,30)31/h12-15H,2-11H2,1H3. The van der Waals surface area contributed by atoms with Gasteiger partial charge < -0.3 is 9.47 Å². The van der Waals surface area contributed by atoms with Gasteiger partial charge in [-0.15, -0.1) is 0 Å². The van der Waals surface area contributed by atoms with Crippen molar-refractivity contribution < 1.29 is 31.4 Å². The van der Waals surface area contributed by atoms with Crippen LogP contribution >= 0.6 is 68.3 Å². The van der Waals surface area contributed by atoms with Gasteiger partial charge in [0.2, 0.25) is 0 Å². The molecule has 0 aliphatic heterocycles. The molecule has 0 saturated carbocycles. The van der Waals surface area contributed by atoms with E-state index in [1.807, 2.05) is 0 Å². The molecule has 0 bridgehead atoms. The molecule has 0 aliphatic carbocycles. The second kappa shape index (κ2) is 17.4. The minimum Gasteiger partial charge on any atom is -0.490 e. The Morgan fingerprint density at radius 3 is 1.59 bits per heavy atom. The quantitative estimate of drug-likeness (QED) is 0.0965. The van der Waals surface area contributed by atoms with Crippen LogP contribution in [0.25, 0.3) is 0 Å². The monoisotopic (exact) mass is 640 g/mol. The fourth-order valence-corrected chi connectivity index (χ4v) is 6.93. The molecule has 0 radical (unpaired) electrons. The molecule has 0 N–H and O–H groups in total. The van der Waals surface area contributed by atoms with Crippen LogP contribution in [0.2, 0.25) is 10.0 Å². The number of thioether (sulfide) groups is 2. The first-order valence-corrected chi connectivity index (χ1v) is 16.7. The van der Waals surface area contributed by atoms with Gasteiger partial charge in [0.15, 0.2) is 23.1 Å². The fraction of sp³-hybridized carbons (Fsp3) is 0.500. The Morgan fingerprint density at radius 2 is 1.16 bits per heavy atom. The van der Waals surface area contributed by atoms with Crippen molar-refractivity contribution in [1.82, 2.24) is 0 Å². The van der Waals surface area contributed by atoms with Crippen molar-refractivity contribution >= 4 is 68.3 Å². The molecule has 37 heavy (non-hydrogen) atoms. The van der Waals surface area contributed by atoms with Crippen LogP contribution in [0.4, 0.5) is 22.0 Å². The van der Waals surface area contributed by atoms with E-state index >= 15 is 0 Å². The van der Waals surface area contributed by atoms with Gasteiger partial charge in [0.05, 0.1) is 23.3 Å². The Balaban J connectivity index is 1.89. The molecule has 0 atom stereocenters. The third-order valence-corrected chi connectivity index (χ3v) is 9.57. The second-order valence-corrected chi connectivity index (χ2v) is 12.9. The minimum atomic E-state index is -4.23. The zero-order valence-electron chi connectivity index (χ0n) is 20.0. The first-order chi connectivity index (χ1) is 17.6. The molecule has 0 heterocycles. The predicted molar refractivity (Wildman–Crippen MR) is 150 cm³/mol. The van der Waals surface area contributed by atoms with E-state index in [2.05, 4.69) is 6.26 Å². The van der Waals surface area contributed by atoms with E-state index in [1.165, 1.54) is 39.8 Å². The lowest BCUT2D eigenvalue weighted by molar-refractivity contribution is -0.0328. The van der Waals surface area contributed by atoms with Crippen LogP contribution in [0.3, 0.4) is 0 Å². The largest absolute Gasteiger partial charge is 0.490 e. The molecule has 2 aromatic rings. The Morgan fingerprint density at radius 1 is 0.703 bits per heavy atom. The van der Waals surface area contributed by atoms with Crippen LogP contribution < -0.4 is 9.47 Å². The molecule has 2 aromatic carbocycles. The SMILES string of the molecule is CSCCCCCOc1cc(SSc2cc(OCCCCCSC(F)(F)F)c(F)cc2Cl)c(Cl)cc1F. The number of hydrogen-bond donors (Lipinski definition) is 0. The summed E-state index contributed by atoms with van der Waals surface area (Å²) in [5.74, 6) is -0.0197.